The summed E-state index contributed by atoms with van der Waals surface area (Å²) in [6.45, 7) is 2.19. The van der Waals surface area contributed by atoms with Crippen molar-refractivity contribution in [3.63, 3.8) is 0 Å². The van der Waals surface area contributed by atoms with E-state index >= 15 is 0 Å². The zero-order valence-corrected chi connectivity index (χ0v) is 16.1. The number of rotatable bonds is 4. The van der Waals surface area contributed by atoms with E-state index in [0.29, 0.717) is 12.1 Å². The Kier molecular flexibility index (Phi) is 5.26. The quantitative estimate of drug-likeness (QED) is 0.691. The molecule has 4 rings (SSSR count). The highest BCUT2D eigenvalue weighted by atomic mass is 19.1. The van der Waals surface area contributed by atoms with Crippen LogP contribution in [0.15, 0.2) is 48.7 Å². The maximum Gasteiger partial charge on any atom is 0.274 e. The molecule has 7 nitrogen and oxygen atoms in total. The third-order valence-electron chi connectivity index (χ3n) is 5.03. The molecule has 30 heavy (non-hydrogen) atoms. The molecule has 0 unspecified atom stereocenters. The standard InChI is InChI=1S/C21H19F2N5O2/c1-12-7-17(20(29)25-19-15(12)8-14(22)9-16(19)23)24-21(30)18-11-28(27-26-18)10-13-5-3-2-4-6-13/h2-6,8-9,11-12,17H,7,10H2,1H3,(H,24,30)(H,25,29)/t12-,17+/m0/s1. The average Bonchev–Trinajstić information content (AvgIpc) is 3.14. The molecule has 2 amide bonds. The average molecular weight is 411 g/mol. The highest BCUT2D eigenvalue weighted by Crippen LogP contribution is 2.34. The number of anilines is 1. The van der Waals surface area contributed by atoms with Crippen LogP contribution in [0.25, 0.3) is 0 Å². The minimum absolute atomic E-state index is 0.0561. The Hall–Kier alpha value is -3.62. The second kappa shape index (κ2) is 8.02. The van der Waals surface area contributed by atoms with Gasteiger partial charge in [-0.15, -0.1) is 5.10 Å². The lowest BCUT2D eigenvalue weighted by atomic mass is 9.94. The predicted molar refractivity (Wildman–Crippen MR) is 105 cm³/mol. The van der Waals surface area contributed by atoms with Crippen LogP contribution in [-0.2, 0) is 11.3 Å². The van der Waals surface area contributed by atoms with Crippen LogP contribution in [0.4, 0.5) is 14.5 Å². The monoisotopic (exact) mass is 411 g/mol. The first-order valence-corrected chi connectivity index (χ1v) is 9.45. The van der Waals surface area contributed by atoms with Gasteiger partial charge < -0.3 is 10.6 Å². The van der Waals surface area contributed by atoms with E-state index in [0.717, 1.165) is 11.6 Å². The van der Waals surface area contributed by atoms with Crippen LogP contribution in [0.2, 0.25) is 0 Å². The molecule has 2 aromatic carbocycles. The van der Waals surface area contributed by atoms with Gasteiger partial charge in [-0.1, -0.05) is 42.5 Å². The number of nitrogens with one attached hydrogen (secondary N) is 2. The van der Waals surface area contributed by atoms with E-state index < -0.39 is 29.5 Å². The molecule has 1 aromatic heterocycles. The Morgan fingerprint density at radius 2 is 2.03 bits per heavy atom. The van der Waals surface area contributed by atoms with Crippen molar-refractivity contribution in [1.82, 2.24) is 20.3 Å². The maximum atomic E-state index is 14.1. The van der Waals surface area contributed by atoms with Gasteiger partial charge in [-0.05, 0) is 29.5 Å². The fourth-order valence-corrected chi connectivity index (χ4v) is 3.52. The molecule has 0 spiro atoms. The summed E-state index contributed by atoms with van der Waals surface area (Å²) in [7, 11) is 0. The second-order valence-electron chi connectivity index (χ2n) is 7.29. The molecule has 2 atom stereocenters. The normalized spacial score (nSPS) is 18.3. The summed E-state index contributed by atoms with van der Waals surface area (Å²) in [4.78, 5) is 25.1. The van der Waals surface area contributed by atoms with Crippen LogP contribution in [0.1, 0.15) is 40.9 Å². The summed E-state index contributed by atoms with van der Waals surface area (Å²) in [6, 6.07) is 10.6. The lowest BCUT2D eigenvalue weighted by Crippen LogP contribution is -2.43. The first-order chi connectivity index (χ1) is 14.4. The van der Waals surface area contributed by atoms with Gasteiger partial charge in [0.15, 0.2) is 5.69 Å². The van der Waals surface area contributed by atoms with Crippen LogP contribution >= 0.6 is 0 Å². The van der Waals surface area contributed by atoms with E-state index in [4.69, 9.17) is 0 Å². The first kappa shape index (κ1) is 19.7. The summed E-state index contributed by atoms with van der Waals surface area (Å²) in [5.41, 5.74) is 1.36. The van der Waals surface area contributed by atoms with E-state index in [1.54, 1.807) is 6.92 Å². The molecule has 0 saturated carbocycles. The summed E-state index contributed by atoms with van der Waals surface area (Å²) >= 11 is 0. The Morgan fingerprint density at radius 1 is 1.27 bits per heavy atom. The van der Waals surface area contributed by atoms with Crippen molar-refractivity contribution in [3.05, 3.63) is 77.1 Å². The molecule has 154 valence electrons. The lowest BCUT2D eigenvalue weighted by molar-refractivity contribution is -0.118. The Labute approximate surface area is 171 Å². The van der Waals surface area contributed by atoms with Crippen molar-refractivity contribution in [2.75, 3.05) is 5.32 Å². The smallest absolute Gasteiger partial charge is 0.274 e. The number of fused-ring (bicyclic) bond motifs is 1. The number of hydrogen-bond donors (Lipinski definition) is 2. The largest absolute Gasteiger partial charge is 0.339 e. The van der Waals surface area contributed by atoms with E-state index in [9.17, 15) is 18.4 Å². The van der Waals surface area contributed by atoms with Crippen LogP contribution in [0, 0.1) is 11.6 Å². The number of carbonyl (C=O) groups is 2. The molecule has 0 radical (unpaired) electrons. The summed E-state index contributed by atoms with van der Waals surface area (Å²) < 4.78 is 29.3. The second-order valence-corrected chi connectivity index (χ2v) is 7.29. The summed E-state index contributed by atoms with van der Waals surface area (Å²) in [5.74, 6) is -3.07. The molecule has 0 fully saturated rings. The van der Waals surface area contributed by atoms with E-state index in [2.05, 4.69) is 20.9 Å². The van der Waals surface area contributed by atoms with Gasteiger partial charge in [0, 0.05) is 6.07 Å². The molecule has 0 bridgehead atoms. The Balaban J connectivity index is 1.47. The van der Waals surface area contributed by atoms with Gasteiger partial charge in [0.25, 0.3) is 5.91 Å². The zero-order valence-electron chi connectivity index (χ0n) is 16.1. The lowest BCUT2D eigenvalue weighted by Gasteiger charge is -2.16. The molecule has 0 aliphatic carbocycles. The van der Waals surface area contributed by atoms with Crippen molar-refractivity contribution in [2.45, 2.75) is 31.8 Å². The van der Waals surface area contributed by atoms with Gasteiger partial charge in [-0.25, -0.2) is 13.5 Å². The van der Waals surface area contributed by atoms with Crippen molar-refractivity contribution in [3.8, 4) is 0 Å². The third kappa shape index (κ3) is 4.05. The van der Waals surface area contributed by atoms with Crippen molar-refractivity contribution in [2.24, 2.45) is 0 Å². The highest BCUT2D eigenvalue weighted by Gasteiger charge is 2.31. The third-order valence-corrected chi connectivity index (χ3v) is 5.03. The van der Waals surface area contributed by atoms with E-state index in [-0.39, 0.29) is 23.7 Å². The minimum Gasteiger partial charge on any atom is -0.339 e. The van der Waals surface area contributed by atoms with Gasteiger partial charge in [0.2, 0.25) is 5.91 Å². The number of benzene rings is 2. The van der Waals surface area contributed by atoms with Gasteiger partial charge >= 0.3 is 0 Å². The zero-order chi connectivity index (χ0) is 21.3. The molecular formula is C21H19F2N5O2. The molecule has 1 aliphatic rings. The SMILES string of the molecule is C[C@H]1C[C@@H](NC(=O)c2cn(Cc3ccccc3)nn2)C(=O)Nc2c(F)cc(F)cc21. The van der Waals surface area contributed by atoms with Crippen molar-refractivity contribution < 1.29 is 18.4 Å². The number of nitrogens with zero attached hydrogens (tertiary/aromatic N) is 3. The van der Waals surface area contributed by atoms with Gasteiger partial charge in [0.1, 0.15) is 17.7 Å². The fraction of sp³-hybridized carbons (Fsp3) is 0.238. The van der Waals surface area contributed by atoms with Crippen LogP contribution in [0.3, 0.4) is 0 Å². The number of aromatic nitrogens is 3. The number of hydrogen-bond acceptors (Lipinski definition) is 4. The van der Waals surface area contributed by atoms with E-state index in [1.807, 2.05) is 30.3 Å². The summed E-state index contributed by atoms with van der Waals surface area (Å²) in [6.07, 6.45) is 1.68. The number of amides is 2. The van der Waals surface area contributed by atoms with E-state index in [1.165, 1.54) is 16.9 Å². The van der Waals surface area contributed by atoms with Gasteiger partial charge in [-0.2, -0.15) is 0 Å². The van der Waals surface area contributed by atoms with Crippen LogP contribution in [-0.4, -0.2) is 32.9 Å². The van der Waals surface area contributed by atoms with Crippen LogP contribution in [0.5, 0.6) is 0 Å². The van der Waals surface area contributed by atoms with Crippen molar-refractivity contribution >= 4 is 17.5 Å². The molecule has 2 N–H and O–H groups in total. The fourth-order valence-electron chi connectivity index (χ4n) is 3.52. The number of carbonyl (C=O) groups excluding carboxylic acids is 2. The van der Waals surface area contributed by atoms with Crippen molar-refractivity contribution in [1.29, 1.82) is 0 Å². The molecule has 1 aliphatic heterocycles. The molecule has 3 aromatic rings. The molecule has 2 heterocycles. The van der Waals surface area contributed by atoms with Crippen LogP contribution < -0.4 is 10.6 Å². The van der Waals surface area contributed by atoms with Gasteiger partial charge in [-0.3, -0.25) is 9.59 Å². The Morgan fingerprint density at radius 3 is 2.80 bits per heavy atom. The number of halogens is 2. The maximum absolute atomic E-state index is 14.1. The minimum atomic E-state index is -0.929. The molecular weight excluding hydrogens is 392 g/mol. The first-order valence-electron chi connectivity index (χ1n) is 9.45. The Bertz CT molecular complexity index is 1100. The molecule has 0 saturated heterocycles. The topological polar surface area (TPSA) is 88.9 Å². The molecule has 9 heteroatoms. The van der Waals surface area contributed by atoms with Gasteiger partial charge in [0.05, 0.1) is 18.4 Å². The highest BCUT2D eigenvalue weighted by molar-refractivity contribution is 6.01. The predicted octanol–water partition coefficient (Wildman–Crippen LogP) is 2.85. The summed E-state index contributed by atoms with van der Waals surface area (Å²) in [5, 5.41) is 12.9.